The number of Topliss-reactive ketones (excluding diaryl/α,β-unsaturated/α-hetero) is 1. The third kappa shape index (κ3) is 23.3. The van der Waals surface area contributed by atoms with Crippen LogP contribution in [0.5, 0.6) is 17.2 Å². The molecule has 1 fully saturated rings. The smallest absolute Gasteiger partial charge is 0.422 e. The van der Waals surface area contributed by atoms with Crippen LogP contribution < -0.4 is 35.5 Å². The van der Waals surface area contributed by atoms with E-state index < -0.39 is 43.3 Å². The number of ketones is 1. The number of likely N-dealkylation sites (N-methyl/N-ethyl adjacent to an activating group) is 1. The molecule has 386 valence electrons. The molecule has 4 aromatic carbocycles. The third-order valence-corrected chi connectivity index (χ3v) is 10.8. The molecule has 12 nitrogen and oxygen atoms in total. The van der Waals surface area contributed by atoms with Crippen molar-refractivity contribution in [3.8, 4) is 17.2 Å². The Morgan fingerprint density at radius 3 is 2.06 bits per heavy atom. The van der Waals surface area contributed by atoms with Gasteiger partial charge in [-0.3, -0.25) is 19.3 Å². The summed E-state index contributed by atoms with van der Waals surface area (Å²) in [6.07, 6.45) is -4.85. The molecule has 0 bridgehead atoms. The molecule has 4 aromatic rings. The predicted octanol–water partition coefficient (Wildman–Crippen LogP) is 9.27. The van der Waals surface area contributed by atoms with Gasteiger partial charge in [0.2, 0.25) is 5.91 Å². The number of nitrogens with one attached hydrogen (secondary N) is 4. The lowest BCUT2D eigenvalue weighted by Crippen LogP contribution is -2.43. The number of halogens is 6. The Bertz CT molecular complexity index is 2150. The Balaban J connectivity index is 0.000000286. The van der Waals surface area contributed by atoms with Crippen LogP contribution in [-0.4, -0.2) is 118 Å². The minimum atomic E-state index is -4.63. The maximum atomic E-state index is 12.5. The van der Waals surface area contributed by atoms with Crippen LogP contribution in [0.3, 0.4) is 0 Å². The van der Waals surface area contributed by atoms with Crippen LogP contribution in [0.15, 0.2) is 91.0 Å². The number of nitrogens with zero attached hydrogens (tertiary/aromatic N) is 1. The Kier molecular flexibility index (Phi) is 25.8. The lowest BCUT2D eigenvalue weighted by molar-refractivity contribution is -0.154. The van der Waals surface area contributed by atoms with E-state index in [4.69, 9.17) is 4.74 Å². The fraction of sp³-hybridized carbons (Fsp3) is 0.481. The number of ether oxygens (including phenoxy) is 3. The second kappa shape index (κ2) is 30.8. The number of aryl methyl sites for hydroxylation is 3. The fourth-order valence-electron chi connectivity index (χ4n) is 7.03. The van der Waals surface area contributed by atoms with Gasteiger partial charge in [0.1, 0.15) is 30.0 Å². The van der Waals surface area contributed by atoms with Gasteiger partial charge in [0.15, 0.2) is 19.0 Å². The summed E-state index contributed by atoms with van der Waals surface area (Å²) in [6, 6.07) is 26.2. The van der Waals surface area contributed by atoms with Gasteiger partial charge in [-0.1, -0.05) is 87.9 Å². The number of piperidine rings is 1. The van der Waals surface area contributed by atoms with E-state index in [0.29, 0.717) is 37.2 Å². The largest absolute Gasteiger partial charge is 0.490 e. The van der Waals surface area contributed by atoms with Gasteiger partial charge in [-0.15, -0.1) is 0 Å². The van der Waals surface area contributed by atoms with Crippen molar-refractivity contribution < 1.29 is 60.0 Å². The Labute approximate surface area is 407 Å². The van der Waals surface area contributed by atoms with Crippen LogP contribution >= 0.6 is 0 Å². The number of rotatable bonds is 23. The van der Waals surface area contributed by atoms with Crippen LogP contribution in [0.1, 0.15) is 90.3 Å². The number of hydrogen-bond acceptors (Lipinski definition) is 10. The number of aliphatic hydroxyl groups is 1. The molecular formula is C52H69F6N5O7. The number of carbonyl (C=O) groups excluding carboxylic acids is 3. The molecule has 5 rings (SSSR count). The molecule has 2 amide bonds. The highest BCUT2D eigenvalue weighted by Gasteiger charge is 2.31. The maximum Gasteiger partial charge on any atom is 0.422 e. The molecule has 5 N–H and O–H groups in total. The normalized spacial score (nSPS) is 14.0. The molecule has 0 spiro atoms. The molecule has 0 radical (unpaired) electrons. The first-order chi connectivity index (χ1) is 33.3. The van der Waals surface area contributed by atoms with Crippen molar-refractivity contribution in [1.82, 2.24) is 20.9 Å². The van der Waals surface area contributed by atoms with Crippen molar-refractivity contribution in [3.05, 3.63) is 119 Å². The van der Waals surface area contributed by atoms with Crippen molar-refractivity contribution in [2.24, 2.45) is 0 Å². The first kappa shape index (κ1) is 58.6. The zero-order chi connectivity index (χ0) is 51.5. The average Bonchev–Trinajstić information content (AvgIpc) is 3.34. The van der Waals surface area contributed by atoms with Gasteiger partial charge < -0.3 is 40.6 Å². The van der Waals surface area contributed by atoms with Gasteiger partial charge in [-0.05, 0) is 113 Å². The zero-order valence-electron chi connectivity index (χ0n) is 40.7. The highest BCUT2D eigenvalue weighted by molar-refractivity contribution is 5.99. The number of amides is 2. The minimum absolute atomic E-state index is 0.0157. The van der Waals surface area contributed by atoms with Gasteiger partial charge >= 0.3 is 12.4 Å². The van der Waals surface area contributed by atoms with Gasteiger partial charge in [0.25, 0.3) is 5.91 Å². The van der Waals surface area contributed by atoms with Crippen LogP contribution in [0.25, 0.3) is 0 Å². The number of para-hydroxylation sites is 2. The molecular weight excluding hydrogens is 921 g/mol. The zero-order valence-corrected chi connectivity index (χ0v) is 40.7. The van der Waals surface area contributed by atoms with Crippen molar-refractivity contribution in [3.63, 3.8) is 0 Å². The second-order valence-corrected chi connectivity index (χ2v) is 16.7. The van der Waals surface area contributed by atoms with Gasteiger partial charge in [-0.25, -0.2) is 0 Å². The van der Waals surface area contributed by atoms with E-state index in [-0.39, 0.29) is 42.2 Å². The van der Waals surface area contributed by atoms with E-state index in [1.54, 1.807) is 12.1 Å². The first-order valence-electron chi connectivity index (χ1n) is 23.6. The number of benzene rings is 4. The summed E-state index contributed by atoms with van der Waals surface area (Å²) in [7, 11) is 0. The van der Waals surface area contributed by atoms with E-state index in [2.05, 4.69) is 56.4 Å². The molecule has 0 aromatic heterocycles. The lowest BCUT2D eigenvalue weighted by atomic mass is 10.0. The van der Waals surface area contributed by atoms with Crippen LogP contribution in [0.2, 0.25) is 0 Å². The fourth-order valence-corrected chi connectivity index (χ4v) is 7.03. The van der Waals surface area contributed by atoms with Gasteiger partial charge in [-0.2, -0.15) is 26.3 Å². The molecule has 2 unspecified atom stereocenters. The average molecular weight is 990 g/mol. The Morgan fingerprint density at radius 2 is 1.43 bits per heavy atom. The summed E-state index contributed by atoms with van der Waals surface area (Å²) in [6.45, 7) is 11.8. The summed E-state index contributed by atoms with van der Waals surface area (Å²) in [5.41, 5.74) is 4.55. The highest BCUT2D eigenvalue weighted by atomic mass is 19.4. The van der Waals surface area contributed by atoms with Crippen molar-refractivity contribution >= 4 is 23.3 Å². The Hall–Kier alpha value is -5.69. The lowest BCUT2D eigenvalue weighted by Gasteiger charge is -2.24. The van der Waals surface area contributed by atoms with Crippen LogP contribution in [-0.2, 0) is 11.2 Å². The molecule has 70 heavy (non-hydrogen) atoms. The standard InChI is InChI=1S/C21H27NO3.C17H20F6N2O3.C14H22N2O/c1-2-14-22-15-18(23)16-25-21-11-7-6-10-19(21)20(24)13-12-17-8-4-3-5-9-17;18-16(19,20)9-27-12-4-5-14(28-10-17(21,22)23)13(7-12)15(26)25-8-11-3-1-2-6-24-11;1-5-16(6-2)10-13(17)15-14-11(3)8-7-9-12(14)4/h3-11,18,22-23H,2,12-16H2,1H3;4-5,7,11,24H,1-3,6,8-10H2,(H,25,26);7-9H,5-6,10H2,1-4H3,(H,15,17). The topological polar surface area (TPSA) is 150 Å². The molecule has 1 heterocycles. The summed E-state index contributed by atoms with van der Waals surface area (Å²) in [4.78, 5) is 38.9. The molecule has 2 atom stereocenters. The summed E-state index contributed by atoms with van der Waals surface area (Å²) in [5.74, 6) is -0.815. The number of hydrogen-bond donors (Lipinski definition) is 5. The molecule has 18 heteroatoms. The summed E-state index contributed by atoms with van der Waals surface area (Å²) < 4.78 is 89.0. The first-order valence-corrected chi connectivity index (χ1v) is 23.6. The van der Waals surface area contributed by atoms with Crippen molar-refractivity contribution in [1.29, 1.82) is 0 Å². The van der Waals surface area contributed by atoms with Crippen molar-refractivity contribution in [2.75, 3.05) is 71.0 Å². The van der Waals surface area contributed by atoms with Crippen LogP contribution in [0.4, 0.5) is 32.0 Å². The number of alkyl halides is 6. The molecule has 1 aliphatic rings. The second-order valence-electron chi connectivity index (χ2n) is 16.7. The van der Waals surface area contributed by atoms with E-state index >= 15 is 0 Å². The van der Waals surface area contributed by atoms with E-state index in [9.17, 15) is 45.8 Å². The molecule has 1 aliphatic heterocycles. The maximum absolute atomic E-state index is 12.5. The quantitative estimate of drug-likeness (QED) is 0.0277. The predicted molar refractivity (Wildman–Crippen MR) is 260 cm³/mol. The van der Waals surface area contributed by atoms with Crippen molar-refractivity contribution in [2.45, 2.75) is 97.6 Å². The Morgan fingerprint density at radius 1 is 0.786 bits per heavy atom. The number of anilines is 1. The third-order valence-electron chi connectivity index (χ3n) is 10.8. The van der Waals surface area contributed by atoms with E-state index in [1.165, 1.54) is 0 Å². The monoisotopic (exact) mass is 990 g/mol. The number of aliphatic hydroxyl groups excluding tert-OH is 1. The highest BCUT2D eigenvalue weighted by Crippen LogP contribution is 2.28. The summed E-state index contributed by atoms with van der Waals surface area (Å²) >= 11 is 0. The van der Waals surface area contributed by atoms with Gasteiger partial charge in [0, 0.05) is 31.2 Å². The summed E-state index contributed by atoms with van der Waals surface area (Å²) in [5, 5.41) is 21.8. The minimum Gasteiger partial charge on any atom is -0.490 e. The molecule has 0 aliphatic carbocycles. The SMILES string of the molecule is CCCNCC(O)COc1ccccc1C(=O)CCc1ccccc1.CCN(CC)CC(=O)Nc1c(C)cccc1C.O=C(NCC1CCCCN1)c1cc(OCC(F)(F)F)ccc1OCC(F)(F)F. The molecule has 0 saturated carbocycles. The van der Waals surface area contributed by atoms with E-state index in [1.807, 2.05) is 74.5 Å². The molecule has 1 saturated heterocycles. The van der Waals surface area contributed by atoms with Gasteiger partial charge in [0.05, 0.1) is 17.7 Å². The van der Waals surface area contributed by atoms with Crippen LogP contribution in [0, 0.1) is 13.8 Å². The number of carbonyl (C=O) groups is 3. The van der Waals surface area contributed by atoms with E-state index in [0.717, 1.165) is 92.4 Å².